The van der Waals surface area contributed by atoms with Crippen molar-refractivity contribution in [3.05, 3.63) is 62.1 Å². The number of carbonyl (C=O) groups is 2. The maximum Gasteiger partial charge on any atom is 0.339 e. The second kappa shape index (κ2) is 14.0. The van der Waals surface area contributed by atoms with Crippen LogP contribution in [0.1, 0.15) is 144 Å². The van der Waals surface area contributed by atoms with Crippen molar-refractivity contribution < 1.29 is 30.0 Å². The molecule has 0 bridgehead atoms. The lowest BCUT2D eigenvalue weighted by Crippen LogP contribution is -2.53. The first-order valence-corrected chi connectivity index (χ1v) is 19.6. The van der Waals surface area contributed by atoms with E-state index in [1.54, 1.807) is 12.1 Å². The fourth-order valence-corrected chi connectivity index (χ4v) is 12.2. The highest BCUT2D eigenvalue weighted by atomic mass is 35.5. The van der Waals surface area contributed by atoms with Crippen molar-refractivity contribution in [2.45, 2.75) is 112 Å². The Kier molecular flexibility index (Phi) is 10.4. The van der Waals surface area contributed by atoms with Crippen molar-refractivity contribution in [1.29, 1.82) is 0 Å². The summed E-state index contributed by atoms with van der Waals surface area (Å²) in [4.78, 5) is 24.3. The van der Waals surface area contributed by atoms with E-state index in [4.69, 9.17) is 23.2 Å². The molecule has 8 heteroatoms. The molecule has 6 nitrogen and oxygen atoms in total. The maximum atomic E-state index is 12.1. The minimum absolute atomic E-state index is 0.100. The molecule has 0 aromatic heterocycles. The van der Waals surface area contributed by atoms with Crippen molar-refractivity contribution in [3.63, 3.8) is 0 Å². The Morgan fingerprint density at radius 3 is 1.92 bits per heavy atom. The molecule has 0 aliphatic heterocycles. The van der Waals surface area contributed by atoms with E-state index in [1.807, 2.05) is 0 Å². The Hall–Kier alpha value is -2.70. The molecule has 8 atom stereocenters. The fraction of sp³-hybridized carbons (Fsp3) is 0.619. The van der Waals surface area contributed by atoms with Gasteiger partial charge in [-0.1, -0.05) is 82.7 Å². The van der Waals surface area contributed by atoms with Gasteiger partial charge in [-0.15, -0.1) is 0 Å². The quantitative estimate of drug-likeness (QED) is 0.205. The molecule has 4 saturated carbocycles. The lowest BCUT2D eigenvalue weighted by molar-refractivity contribution is -0.108. The molecule has 0 saturated heterocycles. The van der Waals surface area contributed by atoms with Gasteiger partial charge in [0.05, 0.1) is 10.0 Å². The van der Waals surface area contributed by atoms with E-state index in [2.05, 4.69) is 34.6 Å². The number of benzene rings is 2. The van der Waals surface area contributed by atoms with Crippen LogP contribution in [0.4, 0.5) is 0 Å². The van der Waals surface area contributed by atoms with Crippen LogP contribution in [-0.4, -0.2) is 32.4 Å². The molecule has 4 N–H and O–H groups in total. The van der Waals surface area contributed by atoms with E-state index in [0.29, 0.717) is 34.0 Å². The predicted octanol–water partition coefficient (Wildman–Crippen LogP) is 11.7. The molecular formula is C42H54Cl2O6. The molecule has 4 aliphatic rings. The van der Waals surface area contributed by atoms with Crippen LogP contribution in [0.3, 0.4) is 0 Å². The maximum absolute atomic E-state index is 12.1. The molecule has 0 amide bonds. The van der Waals surface area contributed by atoms with E-state index < -0.39 is 23.4 Å². The van der Waals surface area contributed by atoms with Gasteiger partial charge in [0.1, 0.15) is 22.6 Å². The second-order valence-corrected chi connectivity index (χ2v) is 18.0. The van der Waals surface area contributed by atoms with Gasteiger partial charge in [0.2, 0.25) is 0 Å². The van der Waals surface area contributed by atoms with E-state index in [-0.39, 0.29) is 26.6 Å². The number of hydrogen-bond acceptors (Lipinski definition) is 4. The number of hydrogen-bond donors (Lipinski definition) is 4. The Labute approximate surface area is 307 Å². The molecule has 50 heavy (non-hydrogen) atoms. The summed E-state index contributed by atoms with van der Waals surface area (Å²) in [7, 11) is 0. The van der Waals surface area contributed by atoms with Gasteiger partial charge in [0, 0.05) is 0 Å². The number of carboxylic acid groups (broad SMARTS) is 2. The first kappa shape index (κ1) is 37.1. The summed E-state index contributed by atoms with van der Waals surface area (Å²) in [6, 6.07) is 5.89. The zero-order chi connectivity index (χ0) is 36.3. The number of carboxylic acids is 2. The normalized spacial score (nSPS) is 31.1. The number of phenols is 2. The zero-order valence-corrected chi connectivity index (χ0v) is 31.7. The van der Waals surface area contributed by atoms with Gasteiger partial charge in [0.25, 0.3) is 0 Å². The van der Waals surface area contributed by atoms with Crippen LogP contribution >= 0.6 is 23.2 Å². The monoisotopic (exact) mass is 724 g/mol. The molecule has 0 heterocycles. The van der Waals surface area contributed by atoms with Crippen molar-refractivity contribution >= 4 is 40.7 Å². The summed E-state index contributed by atoms with van der Waals surface area (Å²) in [5, 5.41) is 40.5. The van der Waals surface area contributed by atoms with Crippen LogP contribution in [0, 0.1) is 52.3 Å². The summed E-state index contributed by atoms with van der Waals surface area (Å²) < 4.78 is 0. The van der Waals surface area contributed by atoms with Gasteiger partial charge >= 0.3 is 11.9 Å². The topological polar surface area (TPSA) is 115 Å². The van der Waals surface area contributed by atoms with Crippen LogP contribution in [0.15, 0.2) is 29.8 Å². The molecule has 0 radical (unpaired) electrons. The number of allylic oxidation sites excluding steroid dienone is 1. The SMILES string of the molecule is CC(C)CCCC(C)[C@H]1CCC2C3CCC4CC(=C(c5cc(Cl)c(O)c(C(=O)O)c5)c5cc(Cl)c(O)c(C(=O)O)c5)CC[C@]4(C)C3CC[C@@]21C. The third-order valence-corrected chi connectivity index (χ3v) is 14.8. The summed E-state index contributed by atoms with van der Waals surface area (Å²) in [6.45, 7) is 12.3. The van der Waals surface area contributed by atoms with Crippen LogP contribution in [0.2, 0.25) is 10.0 Å². The average molecular weight is 726 g/mol. The van der Waals surface area contributed by atoms with Gasteiger partial charge in [-0.25, -0.2) is 9.59 Å². The molecule has 5 unspecified atom stereocenters. The third kappa shape index (κ3) is 6.46. The molecule has 0 spiro atoms. The van der Waals surface area contributed by atoms with Crippen molar-refractivity contribution in [1.82, 2.24) is 0 Å². The summed E-state index contributed by atoms with van der Waals surface area (Å²) >= 11 is 12.8. The van der Waals surface area contributed by atoms with Gasteiger partial charge in [-0.2, -0.15) is 0 Å². The van der Waals surface area contributed by atoms with Crippen LogP contribution in [0.5, 0.6) is 11.5 Å². The fourth-order valence-electron chi connectivity index (χ4n) is 11.7. The lowest BCUT2D eigenvalue weighted by Gasteiger charge is -2.61. The van der Waals surface area contributed by atoms with Gasteiger partial charge in [-0.3, -0.25) is 0 Å². The van der Waals surface area contributed by atoms with Crippen LogP contribution < -0.4 is 0 Å². The highest BCUT2D eigenvalue weighted by Gasteiger charge is 2.60. The van der Waals surface area contributed by atoms with E-state index in [9.17, 15) is 30.0 Å². The van der Waals surface area contributed by atoms with E-state index in [0.717, 1.165) is 60.8 Å². The molecule has 272 valence electrons. The summed E-state index contributed by atoms with van der Waals surface area (Å²) in [5.41, 5.74) is 2.66. The number of rotatable bonds is 9. The smallest absolute Gasteiger partial charge is 0.339 e. The standard InChI is InChI=1S/C42H54Cl2O6/c1-22(2)7-6-8-23(3)31-11-12-32-28-10-9-27-17-24(13-15-41(27,4)33(28)14-16-42(31,32)5)36(25-18-29(39(47)48)37(45)34(43)20-25)26-19-30(40(49)50)38(46)35(44)21-26/h18-23,27-28,31-33,45-46H,6-17H2,1-5H3,(H,47,48)(H,49,50)/t23?,27?,28?,31-,32?,33?,41+,42-/m1/s1. The van der Waals surface area contributed by atoms with E-state index >= 15 is 0 Å². The molecule has 4 fully saturated rings. The molecule has 2 aromatic rings. The number of fused-ring (bicyclic) bond motifs is 5. The van der Waals surface area contributed by atoms with Gasteiger partial charge in [-0.05, 0) is 151 Å². The highest BCUT2D eigenvalue weighted by Crippen LogP contribution is 2.69. The zero-order valence-electron chi connectivity index (χ0n) is 30.2. The Balaban J connectivity index is 1.33. The van der Waals surface area contributed by atoms with Crippen LogP contribution in [-0.2, 0) is 0 Å². The highest BCUT2D eigenvalue weighted by molar-refractivity contribution is 6.33. The predicted molar refractivity (Wildman–Crippen MR) is 199 cm³/mol. The molecule has 6 rings (SSSR count). The Bertz CT molecular complexity index is 1630. The lowest BCUT2D eigenvalue weighted by atomic mass is 9.44. The number of aromatic carboxylic acids is 2. The number of halogens is 2. The van der Waals surface area contributed by atoms with E-state index in [1.165, 1.54) is 63.5 Å². The molecule has 2 aromatic carbocycles. The van der Waals surface area contributed by atoms with Crippen molar-refractivity contribution in [2.24, 2.45) is 52.3 Å². The van der Waals surface area contributed by atoms with Crippen LogP contribution in [0.25, 0.3) is 5.57 Å². The molecular weight excluding hydrogens is 671 g/mol. The van der Waals surface area contributed by atoms with Crippen molar-refractivity contribution in [2.75, 3.05) is 0 Å². The Morgan fingerprint density at radius 2 is 1.36 bits per heavy atom. The summed E-state index contributed by atoms with van der Waals surface area (Å²) in [5.74, 6) is 1.33. The first-order valence-electron chi connectivity index (χ1n) is 18.8. The van der Waals surface area contributed by atoms with Gasteiger partial charge in [0.15, 0.2) is 0 Å². The first-order chi connectivity index (χ1) is 23.6. The summed E-state index contributed by atoms with van der Waals surface area (Å²) in [6.07, 6.45) is 14.2. The third-order valence-electron chi connectivity index (χ3n) is 14.2. The minimum Gasteiger partial charge on any atom is -0.505 e. The van der Waals surface area contributed by atoms with Gasteiger partial charge < -0.3 is 20.4 Å². The largest absolute Gasteiger partial charge is 0.505 e. The Morgan fingerprint density at radius 1 is 0.780 bits per heavy atom. The average Bonchev–Trinajstić information content (AvgIpc) is 3.41. The molecule has 4 aliphatic carbocycles. The van der Waals surface area contributed by atoms with Crippen molar-refractivity contribution in [3.8, 4) is 11.5 Å². The minimum atomic E-state index is -1.32. The number of aromatic hydroxyl groups is 2. The second-order valence-electron chi connectivity index (χ2n) is 17.2.